The quantitative estimate of drug-likeness (QED) is 0.563. The molecule has 0 bridgehead atoms. The molecular formula is C21H16Cl2N2O4S. The highest BCUT2D eigenvalue weighted by molar-refractivity contribution is 7.90. The molecule has 0 saturated heterocycles. The van der Waals surface area contributed by atoms with E-state index in [-0.39, 0.29) is 21.4 Å². The number of amides is 2. The van der Waals surface area contributed by atoms with Gasteiger partial charge in [-0.3, -0.25) is 9.59 Å². The number of anilines is 2. The van der Waals surface area contributed by atoms with Crippen LogP contribution in [0.4, 0.5) is 11.4 Å². The molecule has 2 N–H and O–H groups in total. The van der Waals surface area contributed by atoms with Crippen LogP contribution in [0.3, 0.4) is 0 Å². The van der Waals surface area contributed by atoms with Crippen molar-refractivity contribution < 1.29 is 18.0 Å². The fourth-order valence-corrected chi connectivity index (χ4v) is 3.57. The van der Waals surface area contributed by atoms with Gasteiger partial charge >= 0.3 is 0 Å². The number of nitrogens with one attached hydrogen (secondary N) is 2. The van der Waals surface area contributed by atoms with Crippen LogP contribution in [-0.4, -0.2) is 26.5 Å². The Kier molecular flexibility index (Phi) is 6.45. The van der Waals surface area contributed by atoms with Gasteiger partial charge in [-0.25, -0.2) is 8.42 Å². The molecule has 0 unspecified atom stereocenters. The molecule has 0 aliphatic rings. The van der Waals surface area contributed by atoms with Crippen molar-refractivity contribution in [2.75, 3.05) is 16.9 Å². The van der Waals surface area contributed by atoms with Crippen LogP contribution in [0.25, 0.3) is 0 Å². The minimum absolute atomic E-state index is 0.00146. The van der Waals surface area contributed by atoms with Crippen LogP contribution >= 0.6 is 23.2 Å². The monoisotopic (exact) mass is 462 g/mol. The maximum absolute atomic E-state index is 12.7. The van der Waals surface area contributed by atoms with Crippen molar-refractivity contribution in [3.8, 4) is 0 Å². The lowest BCUT2D eigenvalue weighted by atomic mass is 10.1. The van der Waals surface area contributed by atoms with Gasteiger partial charge in [0.05, 0.1) is 26.9 Å². The molecular weight excluding hydrogens is 447 g/mol. The second-order valence-corrected chi connectivity index (χ2v) is 9.23. The summed E-state index contributed by atoms with van der Waals surface area (Å²) in [4.78, 5) is 25.2. The average Bonchev–Trinajstić information content (AvgIpc) is 2.69. The maximum Gasteiger partial charge on any atom is 0.257 e. The lowest BCUT2D eigenvalue weighted by Gasteiger charge is -2.13. The predicted molar refractivity (Wildman–Crippen MR) is 118 cm³/mol. The number of sulfone groups is 1. The van der Waals surface area contributed by atoms with E-state index in [2.05, 4.69) is 10.6 Å². The third-order valence-corrected chi connectivity index (χ3v) is 5.83. The number of halogens is 2. The first-order valence-electron chi connectivity index (χ1n) is 8.62. The molecule has 154 valence electrons. The van der Waals surface area contributed by atoms with E-state index in [1.165, 1.54) is 18.2 Å². The zero-order chi connectivity index (χ0) is 21.9. The molecule has 0 aromatic heterocycles. The van der Waals surface area contributed by atoms with Gasteiger partial charge in [0.25, 0.3) is 11.8 Å². The first kappa shape index (κ1) is 21.8. The summed E-state index contributed by atoms with van der Waals surface area (Å²) in [6.45, 7) is 0. The van der Waals surface area contributed by atoms with Crippen molar-refractivity contribution in [2.24, 2.45) is 0 Å². The summed E-state index contributed by atoms with van der Waals surface area (Å²) < 4.78 is 23.6. The highest BCUT2D eigenvalue weighted by atomic mass is 35.5. The zero-order valence-corrected chi connectivity index (χ0v) is 18.0. The number of hydrogen-bond donors (Lipinski definition) is 2. The molecule has 0 aliphatic carbocycles. The molecule has 2 amide bonds. The van der Waals surface area contributed by atoms with Gasteiger partial charge in [0, 0.05) is 16.8 Å². The Morgan fingerprint density at radius 2 is 1.37 bits per heavy atom. The van der Waals surface area contributed by atoms with E-state index in [0.717, 1.165) is 6.26 Å². The van der Waals surface area contributed by atoms with Crippen LogP contribution in [0, 0.1) is 0 Å². The number of carbonyl (C=O) groups is 2. The topological polar surface area (TPSA) is 92.3 Å². The normalized spacial score (nSPS) is 11.0. The third-order valence-electron chi connectivity index (χ3n) is 4.14. The number of carbonyl (C=O) groups excluding carboxylic acids is 2. The summed E-state index contributed by atoms with van der Waals surface area (Å²) in [5, 5.41) is 5.99. The maximum atomic E-state index is 12.7. The standard InChI is InChI=1S/C21H16Cl2N2O4S/c1-30(28,29)15-10-11-17(23)16(12-15)21(27)25-19-5-3-2-4-18(19)24-20(26)13-6-8-14(22)9-7-13/h2-12H,1H3,(H,24,26)(H,25,27). The van der Waals surface area contributed by atoms with Gasteiger partial charge in [0.15, 0.2) is 9.84 Å². The molecule has 3 aromatic rings. The van der Waals surface area contributed by atoms with Gasteiger partial charge in [-0.05, 0) is 54.6 Å². The van der Waals surface area contributed by atoms with Crippen molar-refractivity contribution in [1.29, 1.82) is 0 Å². The van der Waals surface area contributed by atoms with Gasteiger partial charge in [-0.2, -0.15) is 0 Å². The zero-order valence-electron chi connectivity index (χ0n) is 15.6. The second kappa shape index (κ2) is 8.87. The Morgan fingerprint density at radius 3 is 1.93 bits per heavy atom. The molecule has 0 spiro atoms. The minimum Gasteiger partial charge on any atom is -0.320 e. The summed E-state index contributed by atoms with van der Waals surface area (Å²) in [6, 6.07) is 16.8. The molecule has 3 aromatic carbocycles. The van der Waals surface area contributed by atoms with Gasteiger partial charge in [-0.1, -0.05) is 35.3 Å². The highest BCUT2D eigenvalue weighted by Crippen LogP contribution is 2.26. The Balaban J connectivity index is 1.85. The molecule has 0 fully saturated rings. The minimum atomic E-state index is -3.51. The number of hydrogen-bond acceptors (Lipinski definition) is 4. The summed E-state index contributed by atoms with van der Waals surface area (Å²) >= 11 is 11.9. The summed E-state index contributed by atoms with van der Waals surface area (Å²) in [5.41, 5.74) is 1.08. The SMILES string of the molecule is CS(=O)(=O)c1ccc(Cl)c(C(=O)Nc2ccccc2NC(=O)c2ccc(Cl)cc2)c1. The Bertz CT molecular complexity index is 1230. The molecule has 0 radical (unpaired) electrons. The molecule has 0 aliphatic heterocycles. The van der Waals surface area contributed by atoms with Crippen molar-refractivity contribution in [3.05, 3.63) is 87.9 Å². The average molecular weight is 463 g/mol. The van der Waals surface area contributed by atoms with Crippen LogP contribution < -0.4 is 10.6 Å². The van der Waals surface area contributed by atoms with E-state index in [1.807, 2.05) is 0 Å². The van der Waals surface area contributed by atoms with Crippen molar-refractivity contribution >= 4 is 56.2 Å². The van der Waals surface area contributed by atoms with Crippen LogP contribution in [0.15, 0.2) is 71.6 Å². The van der Waals surface area contributed by atoms with Gasteiger partial charge in [0.2, 0.25) is 0 Å². The lowest BCUT2D eigenvalue weighted by molar-refractivity contribution is 0.101. The number of benzene rings is 3. The number of para-hydroxylation sites is 2. The number of rotatable bonds is 5. The van der Waals surface area contributed by atoms with Crippen LogP contribution in [0.2, 0.25) is 10.0 Å². The highest BCUT2D eigenvalue weighted by Gasteiger charge is 2.17. The van der Waals surface area contributed by atoms with Crippen LogP contribution in [0.1, 0.15) is 20.7 Å². The van der Waals surface area contributed by atoms with E-state index in [1.54, 1.807) is 48.5 Å². The third kappa shape index (κ3) is 5.18. The molecule has 9 heteroatoms. The van der Waals surface area contributed by atoms with E-state index in [4.69, 9.17) is 23.2 Å². The van der Waals surface area contributed by atoms with Gasteiger partial charge in [0.1, 0.15) is 0 Å². The summed E-state index contributed by atoms with van der Waals surface area (Å²) in [5.74, 6) is -0.996. The fraction of sp³-hybridized carbons (Fsp3) is 0.0476. The molecule has 3 rings (SSSR count). The van der Waals surface area contributed by atoms with Gasteiger partial charge in [-0.15, -0.1) is 0 Å². The van der Waals surface area contributed by atoms with E-state index < -0.39 is 15.7 Å². The van der Waals surface area contributed by atoms with E-state index in [0.29, 0.717) is 22.0 Å². The van der Waals surface area contributed by atoms with E-state index in [9.17, 15) is 18.0 Å². The Morgan fingerprint density at radius 1 is 0.800 bits per heavy atom. The first-order valence-corrected chi connectivity index (χ1v) is 11.3. The van der Waals surface area contributed by atoms with E-state index >= 15 is 0 Å². The molecule has 0 saturated carbocycles. The Hall–Kier alpha value is -2.87. The van der Waals surface area contributed by atoms with Crippen LogP contribution in [-0.2, 0) is 9.84 Å². The predicted octanol–water partition coefficient (Wildman–Crippen LogP) is 4.90. The van der Waals surface area contributed by atoms with Crippen molar-refractivity contribution in [2.45, 2.75) is 4.90 Å². The largest absolute Gasteiger partial charge is 0.320 e. The summed E-state index contributed by atoms with van der Waals surface area (Å²) in [7, 11) is -3.51. The van der Waals surface area contributed by atoms with Crippen LogP contribution in [0.5, 0.6) is 0 Å². The molecule has 30 heavy (non-hydrogen) atoms. The molecule has 6 nitrogen and oxygen atoms in total. The van der Waals surface area contributed by atoms with Crippen molar-refractivity contribution in [1.82, 2.24) is 0 Å². The van der Waals surface area contributed by atoms with Crippen molar-refractivity contribution in [3.63, 3.8) is 0 Å². The van der Waals surface area contributed by atoms with Gasteiger partial charge < -0.3 is 10.6 Å². The molecule has 0 heterocycles. The summed E-state index contributed by atoms with van der Waals surface area (Å²) in [6.07, 6.45) is 1.04. The molecule has 0 atom stereocenters. The fourth-order valence-electron chi connectivity index (χ4n) is 2.60. The smallest absolute Gasteiger partial charge is 0.257 e. The lowest BCUT2D eigenvalue weighted by Crippen LogP contribution is -2.17. The Labute approximate surface area is 183 Å². The first-order chi connectivity index (χ1) is 14.1. The second-order valence-electron chi connectivity index (χ2n) is 6.37.